The number of benzene rings is 2. The molecule has 0 bridgehead atoms. The number of carbonyl (C=O) groups is 1. The summed E-state index contributed by atoms with van der Waals surface area (Å²) in [6.45, 7) is 1.06. The summed E-state index contributed by atoms with van der Waals surface area (Å²) in [6, 6.07) is 10.1. The Morgan fingerprint density at radius 1 is 1.16 bits per heavy atom. The number of amides is 1. The van der Waals surface area contributed by atoms with Gasteiger partial charge in [0, 0.05) is 18.2 Å². The van der Waals surface area contributed by atoms with Crippen LogP contribution in [0.3, 0.4) is 0 Å². The van der Waals surface area contributed by atoms with Gasteiger partial charge in [-0.3, -0.25) is 19.2 Å². The van der Waals surface area contributed by atoms with Gasteiger partial charge in [0.05, 0.1) is 36.8 Å². The van der Waals surface area contributed by atoms with Crippen LogP contribution < -0.4 is 19.2 Å². The number of nitro benzene ring substituents is 1. The van der Waals surface area contributed by atoms with E-state index in [1.165, 1.54) is 50.6 Å². The van der Waals surface area contributed by atoms with Crippen LogP contribution in [0.25, 0.3) is 0 Å². The van der Waals surface area contributed by atoms with Gasteiger partial charge in [-0.2, -0.15) is 5.10 Å². The van der Waals surface area contributed by atoms with Crippen LogP contribution in [-0.2, 0) is 14.8 Å². The molecular weight excluding hydrogens is 428 g/mol. The van der Waals surface area contributed by atoms with E-state index in [-0.39, 0.29) is 17.1 Å². The average Bonchev–Trinajstić information content (AvgIpc) is 2.74. The van der Waals surface area contributed by atoms with Crippen molar-refractivity contribution in [2.45, 2.75) is 6.92 Å². The van der Waals surface area contributed by atoms with Gasteiger partial charge in [-0.05, 0) is 36.8 Å². The van der Waals surface area contributed by atoms with Crippen molar-refractivity contribution < 1.29 is 27.6 Å². The Morgan fingerprint density at radius 3 is 2.32 bits per heavy atom. The zero-order chi connectivity index (χ0) is 23.2. The van der Waals surface area contributed by atoms with Crippen molar-refractivity contribution in [2.75, 3.05) is 31.3 Å². The molecule has 0 aliphatic rings. The molecule has 2 rings (SSSR count). The van der Waals surface area contributed by atoms with E-state index in [9.17, 15) is 23.3 Å². The molecule has 166 valence electrons. The lowest BCUT2D eigenvalue weighted by atomic mass is 10.1. The van der Waals surface area contributed by atoms with Crippen molar-refractivity contribution in [1.29, 1.82) is 0 Å². The highest BCUT2D eigenvalue weighted by molar-refractivity contribution is 7.92. The third kappa shape index (κ3) is 6.15. The molecule has 1 N–H and O–H groups in total. The minimum absolute atomic E-state index is 0.0715. The molecule has 0 spiro atoms. The number of sulfonamides is 1. The van der Waals surface area contributed by atoms with E-state index in [0.29, 0.717) is 17.0 Å². The van der Waals surface area contributed by atoms with Gasteiger partial charge in [0.15, 0.2) is 0 Å². The number of hydrazone groups is 1. The second kappa shape index (κ2) is 9.89. The first-order valence-electron chi connectivity index (χ1n) is 8.84. The summed E-state index contributed by atoms with van der Waals surface area (Å²) >= 11 is 0. The Hall–Kier alpha value is -3.67. The molecule has 0 heterocycles. The van der Waals surface area contributed by atoms with Crippen LogP contribution in [0.2, 0.25) is 0 Å². The summed E-state index contributed by atoms with van der Waals surface area (Å²) in [6.07, 6.45) is 0.968. The fraction of sp³-hybridized carbons (Fsp3) is 0.263. The normalized spacial score (nSPS) is 11.5. The summed E-state index contributed by atoms with van der Waals surface area (Å²) in [7, 11) is -0.998. The fourth-order valence-electron chi connectivity index (χ4n) is 2.57. The maximum atomic E-state index is 12.4. The molecule has 0 fully saturated rings. The van der Waals surface area contributed by atoms with E-state index in [4.69, 9.17) is 9.47 Å². The first-order valence-corrected chi connectivity index (χ1v) is 10.7. The van der Waals surface area contributed by atoms with E-state index >= 15 is 0 Å². The third-order valence-corrected chi connectivity index (χ3v) is 5.31. The number of ether oxygens (including phenoxy) is 2. The average molecular weight is 450 g/mol. The SMILES string of the molecule is COc1ccc(N(CC(=O)N/N=C(/C)c2ccc([N+](=O)[O-])cc2)S(C)(=O)=O)c(OC)c1. The van der Waals surface area contributed by atoms with Gasteiger partial charge in [0.1, 0.15) is 18.0 Å². The largest absolute Gasteiger partial charge is 0.497 e. The van der Waals surface area contributed by atoms with Crippen molar-refractivity contribution in [2.24, 2.45) is 5.10 Å². The van der Waals surface area contributed by atoms with E-state index in [2.05, 4.69) is 10.5 Å². The van der Waals surface area contributed by atoms with Crippen LogP contribution in [0, 0.1) is 10.1 Å². The molecule has 0 aromatic heterocycles. The first kappa shape index (κ1) is 23.6. The maximum absolute atomic E-state index is 12.4. The molecule has 2 aromatic rings. The second-order valence-corrected chi connectivity index (χ2v) is 8.25. The standard InChI is InChI=1S/C19H22N4O7S/c1-13(14-5-7-15(8-6-14)23(25)26)20-21-19(24)12-22(31(4,27)28)17-10-9-16(29-2)11-18(17)30-3/h5-11H,12H2,1-4H3,(H,21,24)/b20-13-. The zero-order valence-corrected chi connectivity index (χ0v) is 18.2. The predicted octanol–water partition coefficient (Wildman–Crippen LogP) is 1.92. The summed E-state index contributed by atoms with van der Waals surface area (Å²) < 4.78 is 35.8. The number of nitrogens with one attached hydrogen (secondary N) is 1. The molecule has 0 saturated carbocycles. The number of rotatable bonds is 9. The molecule has 0 saturated heterocycles. The van der Waals surface area contributed by atoms with Gasteiger partial charge < -0.3 is 9.47 Å². The number of carbonyl (C=O) groups excluding carboxylic acids is 1. The van der Waals surface area contributed by atoms with Crippen LogP contribution in [-0.4, -0.2) is 52.0 Å². The number of nitro groups is 1. The van der Waals surface area contributed by atoms with E-state index in [1.807, 2.05) is 0 Å². The highest BCUT2D eigenvalue weighted by atomic mass is 32.2. The van der Waals surface area contributed by atoms with Crippen molar-refractivity contribution in [1.82, 2.24) is 5.43 Å². The fourth-order valence-corrected chi connectivity index (χ4v) is 3.43. The first-order chi connectivity index (χ1) is 14.6. The van der Waals surface area contributed by atoms with Crippen LogP contribution in [0.5, 0.6) is 11.5 Å². The van der Waals surface area contributed by atoms with Crippen molar-refractivity contribution in [3.63, 3.8) is 0 Å². The number of methoxy groups -OCH3 is 2. The monoisotopic (exact) mass is 450 g/mol. The van der Waals surface area contributed by atoms with Crippen molar-refractivity contribution in [3.05, 3.63) is 58.1 Å². The molecular formula is C19H22N4O7S. The van der Waals surface area contributed by atoms with E-state index in [0.717, 1.165) is 10.6 Å². The minimum atomic E-state index is -3.83. The van der Waals surface area contributed by atoms with Crippen LogP contribution in [0.1, 0.15) is 12.5 Å². The third-order valence-electron chi connectivity index (χ3n) is 4.19. The van der Waals surface area contributed by atoms with Gasteiger partial charge in [0.2, 0.25) is 10.0 Å². The smallest absolute Gasteiger partial charge is 0.269 e. The zero-order valence-electron chi connectivity index (χ0n) is 17.4. The van der Waals surface area contributed by atoms with Gasteiger partial charge in [0.25, 0.3) is 11.6 Å². The van der Waals surface area contributed by atoms with Gasteiger partial charge in [-0.15, -0.1) is 0 Å². The predicted molar refractivity (Wildman–Crippen MR) is 115 cm³/mol. The number of non-ortho nitro benzene ring substituents is 1. The Labute approximate surface area is 179 Å². The summed E-state index contributed by atoms with van der Waals surface area (Å²) in [4.78, 5) is 22.6. The van der Waals surface area contributed by atoms with Crippen molar-refractivity contribution >= 4 is 33.0 Å². The second-order valence-electron chi connectivity index (χ2n) is 6.34. The molecule has 2 aromatic carbocycles. The van der Waals surface area contributed by atoms with Crippen molar-refractivity contribution in [3.8, 4) is 11.5 Å². The molecule has 0 aliphatic heterocycles. The Morgan fingerprint density at radius 2 is 1.81 bits per heavy atom. The van der Waals surface area contributed by atoms with Gasteiger partial charge in [-0.25, -0.2) is 13.8 Å². The number of nitrogens with zero attached hydrogens (tertiary/aromatic N) is 3. The highest BCUT2D eigenvalue weighted by Gasteiger charge is 2.24. The lowest BCUT2D eigenvalue weighted by molar-refractivity contribution is -0.384. The topological polar surface area (TPSA) is 140 Å². The Bertz CT molecular complexity index is 1100. The van der Waals surface area contributed by atoms with Crippen LogP contribution in [0.15, 0.2) is 47.6 Å². The van der Waals surface area contributed by atoms with E-state index < -0.39 is 27.4 Å². The van der Waals surface area contributed by atoms with E-state index in [1.54, 1.807) is 13.0 Å². The molecule has 0 unspecified atom stereocenters. The molecule has 0 radical (unpaired) electrons. The lowest BCUT2D eigenvalue weighted by Crippen LogP contribution is -2.39. The Kier molecular flexibility index (Phi) is 7.53. The molecule has 1 amide bonds. The molecule has 0 atom stereocenters. The minimum Gasteiger partial charge on any atom is -0.497 e. The maximum Gasteiger partial charge on any atom is 0.269 e. The summed E-state index contributed by atoms with van der Waals surface area (Å²) in [5.41, 5.74) is 3.33. The molecule has 11 nitrogen and oxygen atoms in total. The molecule has 31 heavy (non-hydrogen) atoms. The van der Waals surface area contributed by atoms with Crippen LogP contribution >= 0.6 is 0 Å². The highest BCUT2D eigenvalue weighted by Crippen LogP contribution is 2.33. The number of hydrogen-bond acceptors (Lipinski definition) is 8. The van der Waals surface area contributed by atoms with Gasteiger partial charge in [-0.1, -0.05) is 0 Å². The Balaban J connectivity index is 2.20. The number of hydrogen-bond donors (Lipinski definition) is 1. The summed E-state index contributed by atoms with van der Waals surface area (Å²) in [5, 5.41) is 14.7. The van der Waals surface area contributed by atoms with Gasteiger partial charge >= 0.3 is 0 Å². The quantitative estimate of drug-likeness (QED) is 0.349. The summed E-state index contributed by atoms with van der Waals surface area (Å²) in [5.74, 6) is -0.0190. The lowest BCUT2D eigenvalue weighted by Gasteiger charge is -2.23. The number of anilines is 1. The molecule has 12 heteroatoms. The van der Waals surface area contributed by atoms with Crippen LogP contribution in [0.4, 0.5) is 11.4 Å². The molecule has 0 aliphatic carbocycles.